The lowest BCUT2D eigenvalue weighted by Crippen LogP contribution is -2.11. The van der Waals surface area contributed by atoms with Crippen LogP contribution in [0.3, 0.4) is 0 Å². The highest BCUT2D eigenvalue weighted by molar-refractivity contribution is 5.99. The fraction of sp³-hybridized carbons (Fsp3) is 0.286. The molecule has 0 atom stereocenters. The molecule has 2 aromatic carbocycles. The maximum absolute atomic E-state index is 12.4. The lowest BCUT2D eigenvalue weighted by Gasteiger charge is -2.18. The number of aryl methyl sites for hydroxylation is 2. The quantitative estimate of drug-likeness (QED) is 0.368. The van der Waals surface area contributed by atoms with Crippen LogP contribution in [0.5, 0.6) is 5.88 Å². The second-order valence-corrected chi connectivity index (χ2v) is 7.98. The zero-order valence-electron chi connectivity index (χ0n) is 16.9. The van der Waals surface area contributed by atoms with E-state index in [4.69, 9.17) is 0 Å². The number of nitrogens with zero attached hydrogens (tertiary/aromatic N) is 4. The van der Waals surface area contributed by atoms with E-state index in [1.54, 1.807) is 26.1 Å². The van der Waals surface area contributed by atoms with Gasteiger partial charge >= 0.3 is 0 Å². The van der Waals surface area contributed by atoms with Crippen molar-refractivity contribution in [2.75, 3.05) is 0 Å². The second-order valence-electron chi connectivity index (χ2n) is 7.98. The molecule has 3 rings (SSSR count). The summed E-state index contributed by atoms with van der Waals surface area (Å²) in [6, 6.07) is 9.83. The van der Waals surface area contributed by atoms with Crippen molar-refractivity contribution in [2.45, 2.75) is 33.1 Å². The fourth-order valence-electron chi connectivity index (χ4n) is 3.24. The van der Waals surface area contributed by atoms with Gasteiger partial charge in [0.25, 0.3) is 11.6 Å². The Morgan fingerprint density at radius 1 is 1.17 bits per heavy atom. The molecule has 150 valence electrons. The first-order chi connectivity index (χ1) is 13.5. The predicted octanol–water partition coefficient (Wildman–Crippen LogP) is 5.32. The van der Waals surface area contributed by atoms with Crippen molar-refractivity contribution in [3.8, 4) is 5.88 Å². The van der Waals surface area contributed by atoms with Crippen LogP contribution < -0.4 is 0 Å². The average Bonchev–Trinajstić information content (AvgIpc) is 2.90. The topological polar surface area (TPSA) is 110 Å². The van der Waals surface area contributed by atoms with Crippen molar-refractivity contribution >= 4 is 28.2 Å². The van der Waals surface area contributed by atoms with E-state index in [1.165, 1.54) is 16.7 Å². The monoisotopic (exact) mass is 394 g/mol. The first kappa shape index (κ1) is 20.2. The lowest BCUT2D eigenvalue weighted by atomic mass is 9.87. The summed E-state index contributed by atoms with van der Waals surface area (Å²) in [6.07, 6.45) is 0. The van der Waals surface area contributed by atoms with E-state index in [9.17, 15) is 20.0 Å². The normalized spacial score (nSPS) is 12.0. The molecule has 1 N–H and O–H groups in total. The maximum atomic E-state index is 12.4. The van der Waals surface area contributed by atoms with Crippen LogP contribution >= 0.6 is 0 Å². The molecule has 1 aromatic heterocycles. The van der Waals surface area contributed by atoms with Gasteiger partial charge in [0.05, 0.1) is 10.4 Å². The van der Waals surface area contributed by atoms with Crippen molar-refractivity contribution in [3.63, 3.8) is 0 Å². The number of benzene rings is 2. The molecule has 0 fully saturated rings. The molecule has 1 amide bonds. The van der Waals surface area contributed by atoms with Crippen LogP contribution in [0.1, 0.15) is 42.3 Å². The Kier molecular flexibility index (Phi) is 4.96. The molecule has 8 nitrogen and oxygen atoms in total. The molecule has 0 aliphatic heterocycles. The van der Waals surface area contributed by atoms with Gasteiger partial charge in [0, 0.05) is 30.1 Å². The number of hydrogen-bond acceptors (Lipinski definition) is 5. The largest absolute Gasteiger partial charge is 0.493 e. The minimum Gasteiger partial charge on any atom is -0.493 e. The van der Waals surface area contributed by atoms with E-state index in [0.717, 1.165) is 5.56 Å². The number of aromatic nitrogens is 1. The molecule has 0 saturated carbocycles. The highest BCUT2D eigenvalue weighted by Crippen LogP contribution is 2.41. The van der Waals surface area contributed by atoms with E-state index < -0.39 is 10.8 Å². The van der Waals surface area contributed by atoms with Crippen molar-refractivity contribution in [1.29, 1.82) is 0 Å². The Morgan fingerprint density at radius 3 is 2.34 bits per heavy atom. The van der Waals surface area contributed by atoms with Crippen molar-refractivity contribution < 1.29 is 14.8 Å². The highest BCUT2D eigenvalue weighted by atomic mass is 16.6. The molecule has 0 unspecified atom stereocenters. The van der Waals surface area contributed by atoms with Gasteiger partial charge in [-0.25, -0.2) is 0 Å². The third-order valence-electron chi connectivity index (χ3n) is 4.85. The fourth-order valence-corrected chi connectivity index (χ4v) is 3.24. The van der Waals surface area contributed by atoms with Gasteiger partial charge in [-0.1, -0.05) is 32.9 Å². The SMILES string of the molecule is Cc1cc([N+](=O)[O-])cc2c(N=NC(=O)c3ccc(C(C)(C)C)cc3)c(O)n(C)c12. The van der Waals surface area contributed by atoms with Crippen LogP contribution in [0.2, 0.25) is 0 Å². The van der Waals surface area contributed by atoms with Gasteiger partial charge in [-0.3, -0.25) is 14.9 Å². The van der Waals surface area contributed by atoms with Gasteiger partial charge < -0.3 is 9.67 Å². The number of rotatable bonds is 3. The molecule has 0 saturated heterocycles. The van der Waals surface area contributed by atoms with E-state index >= 15 is 0 Å². The summed E-state index contributed by atoms with van der Waals surface area (Å²) in [6.45, 7) is 7.94. The van der Waals surface area contributed by atoms with Gasteiger partial charge in [-0.05, 0) is 35.6 Å². The summed E-state index contributed by atoms with van der Waals surface area (Å²) in [5.41, 5.74) is 2.51. The Labute approximate surface area is 167 Å². The van der Waals surface area contributed by atoms with Gasteiger partial charge in [0.2, 0.25) is 5.88 Å². The van der Waals surface area contributed by atoms with Gasteiger partial charge in [0.1, 0.15) is 0 Å². The van der Waals surface area contributed by atoms with Crippen molar-refractivity contribution in [1.82, 2.24) is 4.57 Å². The summed E-state index contributed by atoms with van der Waals surface area (Å²) < 4.78 is 1.46. The van der Waals surface area contributed by atoms with Gasteiger partial charge in [-0.2, -0.15) is 0 Å². The molecular weight excluding hydrogens is 372 g/mol. The molecule has 3 aromatic rings. The number of amides is 1. The standard InChI is InChI=1S/C21H22N4O4/c1-12-10-15(25(28)29)11-16-17(20(27)24(5)18(12)16)22-23-19(26)13-6-8-14(9-7-13)21(2,3)4/h6-11,27H,1-5H3. The number of carbonyl (C=O) groups is 1. The number of aromatic hydroxyl groups is 1. The predicted molar refractivity (Wildman–Crippen MR) is 110 cm³/mol. The number of nitro benzene ring substituents is 1. The van der Waals surface area contributed by atoms with Crippen LogP contribution in [0.4, 0.5) is 11.4 Å². The Balaban J connectivity index is 2.01. The molecule has 8 heteroatoms. The summed E-state index contributed by atoms with van der Waals surface area (Å²) in [5.74, 6) is -0.785. The number of nitro groups is 1. The molecule has 0 spiro atoms. The van der Waals surface area contributed by atoms with E-state index in [2.05, 4.69) is 31.0 Å². The van der Waals surface area contributed by atoms with E-state index in [0.29, 0.717) is 22.0 Å². The Morgan fingerprint density at radius 2 is 1.79 bits per heavy atom. The molecule has 0 aliphatic rings. The summed E-state index contributed by atoms with van der Waals surface area (Å²) in [7, 11) is 1.61. The van der Waals surface area contributed by atoms with Crippen LogP contribution in [0.25, 0.3) is 10.9 Å². The van der Waals surface area contributed by atoms with Crippen LogP contribution in [-0.2, 0) is 12.5 Å². The van der Waals surface area contributed by atoms with E-state index in [1.807, 2.05) is 12.1 Å². The zero-order valence-corrected chi connectivity index (χ0v) is 16.9. The zero-order chi connectivity index (χ0) is 21.5. The first-order valence-corrected chi connectivity index (χ1v) is 9.03. The summed E-state index contributed by atoms with van der Waals surface area (Å²) in [5, 5.41) is 29.6. The minimum absolute atomic E-state index is 0.0222. The van der Waals surface area contributed by atoms with Gasteiger partial charge in [0.15, 0.2) is 5.69 Å². The smallest absolute Gasteiger partial charge is 0.295 e. The second kappa shape index (κ2) is 7.12. The number of carbonyl (C=O) groups excluding carboxylic acids is 1. The number of non-ortho nitro benzene ring substituents is 1. The highest BCUT2D eigenvalue weighted by Gasteiger charge is 2.21. The minimum atomic E-state index is -0.566. The maximum Gasteiger partial charge on any atom is 0.295 e. The van der Waals surface area contributed by atoms with Crippen LogP contribution in [-0.4, -0.2) is 20.5 Å². The lowest BCUT2D eigenvalue weighted by molar-refractivity contribution is -0.384. The van der Waals surface area contributed by atoms with Gasteiger partial charge in [-0.15, -0.1) is 10.2 Å². The molecule has 29 heavy (non-hydrogen) atoms. The molecule has 1 heterocycles. The Hall–Kier alpha value is -3.55. The number of fused-ring (bicyclic) bond motifs is 1. The molecule has 0 radical (unpaired) electrons. The summed E-state index contributed by atoms with van der Waals surface area (Å²) >= 11 is 0. The molecular formula is C21H22N4O4. The number of azo groups is 1. The van der Waals surface area contributed by atoms with Crippen molar-refractivity contribution in [3.05, 3.63) is 63.2 Å². The third-order valence-corrected chi connectivity index (χ3v) is 4.85. The average molecular weight is 394 g/mol. The van der Waals surface area contributed by atoms with Crippen LogP contribution in [0, 0.1) is 17.0 Å². The Bertz CT molecular complexity index is 1150. The molecule has 0 aliphatic carbocycles. The van der Waals surface area contributed by atoms with Crippen LogP contribution in [0.15, 0.2) is 46.6 Å². The molecule has 0 bridgehead atoms. The number of hydrogen-bond donors (Lipinski definition) is 1. The first-order valence-electron chi connectivity index (χ1n) is 9.03. The summed E-state index contributed by atoms with van der Waals surface area (Å²) in [4.78, 5) is 23.1. The third kappa shape index (κ3) is 3.73. The van der Waals surface area contributed by atoms with E-state index in [-0.39, 0.29) is 22.7 Å². The van der Waals surface area contributed by atoms with Crippen molar-refractivity contribution in [2.24, 2.45) is 17.3 Å².